The number of amides is 1. The topological polar surface area (TPSA) is 101 Å². The molecule has 0 unspecified atom stereocenters. The van der Waals surface area contributed by atoms with E-state index in [2.05, 4.69) is 20.2 Å². The third-order valence-corrected chi connectivity index (χ3v) is 6.23. The molecule has 0 saturated carbocycles. The summed E-state index contributed by atoms with van der Waals surface area (Å²) in [6.07, 6.45) is 0. The molecule has 2 heterocycles. The van der Waals surface area contributed by atoms with Crippen LogP contribution in [0.3, 0.4) is 0 Å². The Morgan fingerprint density at radius 2 is 1.88 bits per heavy atom. The molecular formula is C14H12N4O3S3. The Morgan fingerprint density at radius 1 is 1.12 bits per heavy atom. The average Bonchev–Trinajstić information content (AvgIpc) is 3.17. The normalized spacial score (nSPS) is 11.2. The number of benzene rings is 1. The number of carbonyl (C=O) groups excluding carboxylic acids is 1. The second-order valence-corrected chi connectivity index (χ2v) is 8.31. The molecule has 0 spiro atoms. The van der Waals surface area contributed by atoms with Crippen LogP contribution in [-0.2, 0) is 14.8 Å². The number of anilines is 2. The lowest BCUT2D eigenvalue weighted by atomic mass is 10.3. The lowest BCUT2D eigenvalue weighted by Gasteiger charge is -2.06. The number of rotatable bonds is 5. The van der Waals surface area contributed by atoms with Gasteiger partial charge in [-0.25, -0.2) is 8.42 Å². The highest BCUT2D eigenvalue weighted by Crippen LogP contribution is 2.30. The van der Waals surface area contributed by atoms with Crippen molar-refractivity contribution in [3.63, 3.8) is 0 Å². The molecule has 0 aliphatic heterocycles. The number of nitrogens with one attached hydrogen (secondary N) is 2. The standard InChI is InChI=1S/C14H12N4O3S3/c1-9(19)15-10-4-6-11(7-5-10)24(20,21)18-14-17-16-13(23-14)12-3-2-8-22-12/h2-8H,1H3,(H,15,19)(H,17,18). The lowest BCUT2D eigenvalue weighted by Crippen LogP contribution is -2.13. The van der Waals surface area contributed by atoms with Crippen LogP contribution in [0.25, 0.3) is 9.88 Å². The van der Waals surface area contributed by atoms with Gasteiger partial charge in [0.15, 0.2) is 5.01 Å². The molecule has 2 N–H and O–H groups in total. The van der Waals surface area contributed by atoms with Crippen LogP contribution in [0.1, 0.15) is 6.92 Å². The Balaban J connectivity index is 1.77. The Bertz CT molecular complexity index is 948. The zero-order valence-corrected chi connectivity index (χ0v) is 14.8. The summed E-state index contributed by atoms with van der Waals surface area (Å²) in [5.41, 5.74) is 0.525. The monoisotopic (exact) mass is 380 g/mol. The van der Waals surface area contributed by atoms with Crippen molar-refractivity contribution in [3.05, 3.63) is 41.8 Å². The van der Waals surface area contributed by atoms with E-state index in [1.54, 1.807) is 0 Å². The molecule has 124 valence electrons. The number of carbonyl (C=O) groups is 1. The third kappa shape index (κ3) is 3.78. The molecule has 0 radical (unpaired) electrons. The van der Waals surface area contributed by atoms with Crippen molar-refractivity contribution in [2.24, 2.45) is 0 Å². The van der Waals surface area contributed by atoms with E-state index in [1.165, 1.54) is 42.5 Å². The minimum Gasteiger partial charge on any atom is -0.326 e. The molecule has 1 aromatic carbocycles. The molecule has 24 heavy (non-hydrogen) atoms. The van der Waals surface area contributed by atoms with Gasteiger partial charge in [0.1, 0.15) is 0 Å². The summed E-state index contributed by atoms with van der Waals surface area (Å²) in [6.45, 7) is 1.38. The van der Waals surface area contributed by atoms with Gasteiger partial charge in [-0.3, -0.25) is 9.52 Å². The van der Waals surface area contributed by atoms with Crippen LogP contribution in [0, 0.1) is 0 Å². The maximum atomic E-state index is 12.4. The van der Waals surface area contributed by atoms with Crippen LogP contribution in [0.15, 0.2) is 46.7 Å². The number of aromatic nitrogens is 2. The van der Waals surface area contributed by atoms with E-state index >= 15 is 0 Å². The molecule has 0 atom stereocenters. The van der Waals surface area contributed by atoms with Gasteiger partial charge in [0, 0.05) is 12.6 Å². The van der Waals surface area contributed by atoms with Gasteiger partial charge >= 0.3 is 0 Å². The van der Waals surface area contributed by atoms with Crippen LogP contribution in [0.4, 0.5) is 10.8 Å². The molecule has 0 bridgehead atoms. The third-order valence-electron chi connectivity index (χ3n) is 2.86. The summed E-state index contributed by atoms with van der Waals surface area (Å²) in [7, 11) is -3.77. The van der Waals surface area contributed by atoms with Crippen molar-refractivity contribution in [2.75, 3.05) is 10.0 Å². The summed E-state index contributed by atoms with van der Waals surface area (Å²) in [6, 6.07) is 9.65. The Labute approximate surface area is 146 Å². The number of thiophene rings is 1. The highest BCUT2D eigenvalue weighted by Gasteiger charge is 2.17. The Kier molecular flexibility index (Phi) is 4.60. The smallest absolute Gasteiger partial charge is 0.263 e. The second-order valence-electron chi connectivity index (χ2n) is 4.70. The lowest BCUT2D eigenvalue weighted by molar-refractivity contribution is -0.114. The highest BCUT2D eigenvalue weighted by molar-refractivity contribution is 7.93. The van der Waals surface area contributed by atoms with Gasteiger partial charge in [-0.05, 0) is 35.7 Å². The fourth-order valence-electron chi connectivity index (χ4n) is 1.86. The van der Waals surface area contributed by atoms with Gasteiger partial charge < -0.3 is 5.32 Å². The van der Waals surface area contributed by atoms with Crippen LogP contribution in [-0.4, -0.2) is 24.5 Å². The largest absolute Gasteiger partial charge is 0.326 e. The molecule has 0 fully saturated rings. The van der Waals surface area contributed by atoms with Gasteiger partial charge in [-0.15, -0.1) is 21.5 Å². The minimum atomic E-state index is -3.77. The number of nitrogens with zero attached hydrogens (tertiary/aromatic N) is 2. The zero-order valence-electron chi connectivity index (χ0n) is 12.4. The summed E-state index contributed by atoms with van der Waals surface area (Å²) in [4.78, 5) is 12.0. The van der Waals surface area contributed by atoms with Crippen molar-refractivity contribution < 1.29 is 13.2 Å². The van der Waals surface area contributed by atoms with Gasteiger partial charge in [-0.1, -0.05) is 17.4 Å². The molecule has 1 amide bonds. The van der Waals surface area contributed by atoms with E-state index in [4.69, 9.17) is 0 Å². The van der Waals surface area contributed by atoms with E-state index in [0.29, 0.717) is 10.7 Å². The predicted octanol–water partition coefficient (Wildman–Crippen LogP) is 3.03. The highest BCUT2D eigenvalue weighted by atomic mass is 32.2. The van der Waals surface area contributed by atoms with Crippen LogP contribution in [0.2, 0.25) is 0 Å². The maximum Gasteiger partial charge on any atom is 0.263 e. The van der Waals surface area contributed by atoms with Crippen LogP contribution < -0.4 is 10.0 Å². The summed E-state index contributed by atoms with van der Waals surface area (Å²) < 4.78 is 27.2. The van der Waals surface area contributed by atoms with Crippen molar-refractivity contribution in [2.45, 2.75) is 11.8 Å². The van der Waals surface area contributed by atoms with Gasteiger partial charge in [-0.2, -0.15) is 0 Å². The summed E-state index contributed by atoms with van der Waals surface area (Å²) in [5.74, 6) is -0.223. The second kappa shape index (κ2) is 6.67. The predicted molar refractivity (Wildman–Crippen MR) is 94.8 cm³/mol. The molecule has 3 rings (SSSR count). The molecule has 0 saturated heterocycles. The molecular weight excluding hydrogens is 368 g/mol. The minimum absolute atomic E-state index is 0.0736. The van der Waals surface area contributed by atoms with Crippen molar-refractivity contribution in [3.8, 4) is 9.88 Å². The van der Waals surface area contributed by atoms with Gasteiger partial charge in [0.2, 0.25) is 11.0 Å². The fourth-order valence-corrected chi connectivity index (χ4v) is 4.62. The van der Waals surface area contributed by atoms with Crippen molar-refractivity contribution in [1.29, 1.82) is 0 Å². The molecule has 10 heteroatoms. The summed E-state index contributed by atoms with van der Waals surface area (Å²) in [5, 5.41) is 13.2. The fraction of sp³-hybridized carbons (Fsp3) is 0.0714. The number of hydrogen-bond donors (Lipinski definition) is 2. The molecule has 2 aromatic heterocycles. The van der Waals surface area contributed by atoms with E-state index < -0.39 is 10.0 Å². The number of sulfonamides is 1. The van der Waals surface area contributed by atoms with E-state index in [-0.39, 0.29) is 15.9 Å². The maximum absolute atomic E-state index is 12.4. The SMILES string of the molecule is CC(=O)Nc1ccc(S(=O)(=O)Nc2nnc(-c3cccs3)s2)cc1. The van der Waals surface area contributed by atoms with Crippen LogP contribution >= 0.6 is 22.7 Å². The van der Waals surface area contributed by atoms with E-state index in [9.17, 15) is 13.2 Å². The first-order valence-corrected chi connectivity index (χ1v) is 9.90. The zero-order chi connectivity index (χ0) is 17.2. The van der Waals surface area contributed by atoms with E-state index in [1.807, 2.05) is 17.5 Å². The molecule has 7 nitrogen and oxygen atoms in total. The van der Waals surface area contributed by atoms with Crippen molar-refractivity contribution >= 4 is 49.4 Å². The van der Waals surface area contributed by atoms with E-state index in [0.717, 1.165) is 16.2 Å². The molecule has 0 aliphatic carbocycles. The first kappa shape index (κ1) is 16.6. The van der Waals surface area contributed by atoms with Gasteiger partial charge in [0.05, 0.1) is 9.77 Å². The summed E-state index contributed by atoms with van der Waals surface area (Å²) >= 11 is 2.67. The first-order chi connectivity index (χ1) is 11.4. The average molecular weight is 380 g/mol. The van der Waals surface area contributed by atoms with Crippen molar-refractivity contribution in [1.82, 2.24) is 10.2 Å². The quantitative estimate of drug-likeness (QED) is 0.708. The molecule has 3 aromatic rings. The Hall–Kier alpha value is -2.30. The van der Waals surface area contributed by atoms with Crippen LogP contribution in [0.5, 0.6) is 0 Å². The first-order valence-electron chi connectivity index (χ1n) is 6.72. The molecule has 0 aliphatic rings. The number of hydrogen-bond acceptors (Lipinski definition) is 7. The van der Waals surface area contributed by atoms with Gasteiger partial charge in [0.25, 0.3) is 10.0 Å². The Morgan fingerprint density at radius 3 is 2.50 bits per heavy atom.